The second-order valence-electron chi connectivity index (χ2n) is 4.89. The molecule has 1 heterocycles. The highest BCUT2D eigenvalue weighted by Gasteiger charge is 2.40. The van der Waals surface area contributed by atoms with E-state index in [1.807, 2.05) is 18.4 Å². The van der Waals surface area contributed by atoms with E-state index in [1.54, 1.807) is 0 Å². The first-order chi connectivity index (χ1) is 7.18. The van der Waals surface area contributed by atoms with E-state index in [0.29, 0.717) is 11.3 Å². The number of likely N-dealkylation sites (N-methyl/N-ethyl adjacent to an activating group) is 1. The van der Waals surface area contributed by atoms with Crippen molar-refractivity contribution in [1.82, 2.24) is 10.3 Å². The minimum Gasteiger partial charge on any atom is -0.319 e. The van der Waals surface area contributed by atoms with Gasteiger partial charge in [0.1, 0.15) is 0 Å². The molecule has 0 spiro atoms. The van der Waals surface area contributed by atoms with Crippen LogP contribution in [-0.4, -0.2) is 18.6 Å². The van der Waals surface area contributed by atoms with E-state index in [4.69, 9.17) is 4.98 Å². The molecular formula is C12H20N2S. The van der Waals surface area contributed by atoms with Crippen molar-refractivity contribution in [2.75, 3.05) is 13.6 Å². The van der Waals surface area contributed by atoms with Gasteiger partial charge in [0, 0.05) is 23.3 Å². The zero-order valence-corrected chi connectivity index (χ0v) is 10.7. The third-order valence-electron chi connectivity index (χ3n) is 3.39. The number of hydrogen-bond donors (Lipinski definition) is 1. The molecular weight excluding hydrogens is 204 g/mol. The molecule has 0 aromatic carbocycles. The van der Waals surface area contributed by atoms with Gasteiger partial charge in [-0.15, -0.1) is 11.3 Å². The summed E-state index contributed by atoms with van der Waals surface area (Å²) < 4.78 is 0. The maximum atomic E-state index is 4.80. The number of hydrogen-bond acceptors (Lipinski definition) is 3. The summed E-state index contributed by atoms with van der Waals surface area (Å²) in [7, 11) is 2.04. The highest BCUT2D eigenvalue weighted by Crippen LogP contribution is 2.43. The first-order valence-corrected chi connectivity index (χ1v) is 6.66. The third-order valence-corrected chi connectivity index (χ3v) is 4.53. The lowest BCUT2D eigenvalue weighted by Crippen LogP contribution is -2.43. The van der Waals surface area contributed by atoms with Crippen LogP contribution in [0.5, 0.6) is 0 Å². The summed E-state index contributed by atoms with van der Waals surface area (Å²) in [5, 5.41) is 6.87. The molecule has 0 aliphatic heterocycles. The fourth-order valence-corrected chi connectivity index (χ4v) is 3.22. The van der Waals surface area contributed by atoms with Gasteiger partial charge in [-0.2, -0.15) is 0 Å². The first kappa shape index (κ1) is 11.1. The van der Waals surface area contributed by atoms with E-state index in [-0.39, 0.29) is 0 Å². The number of aromatic nitrogens is 1. The summed E-state index contributed by atoms with van der Waals surface area (Å²) in [5.41, 5.74) is 1.69. The Labute approximate surface area is 96.1 Å². The van der Waals surface area contributed by atoms with Crippen LogP contribution in [-0.2, 0) is 5.41 Å². The van der Waals surface area contributed by atoms with Gasteiger partial charge in [0.05, 0.1) is 10.7 Å². The van der Waals surface area contributed by atoms with Crippen LogP contribution in [0.1, 0.15) is 49.7 Å². The van der Waals surface area contributed by atoms with Gasteiger partial charge >= 0.3 is 0 Å². The predicted molar refractivity (Wildman–Crippen MR) is 65.7 cm³/mol. The van der Waals surface area contributed by atoms with E-state index in [0.717, 1.165) is 6.54 Å². The van der Waals surface area contributed by atoms with Crippen LogP contribution in [0.2, 0.25) is 0 Å². The largest absolute Gasteiger partial charge is 0.319 e. The lowest BCUT2D eigenvalue weighted by atomic mass is 9.67. The van der Waals surface area contributed by atoms with Crippen molar-refractivity contribution in [3.05, 3.63) is 16.1 Å². The molecule has 1 aliphatic rings. The zero-order chi connectivity index (χ0) is 10.9. The fraction of sp³-hybridized carbons (Fsp3) is 0.750. The van der Waals surface area contributed by atoms with Crippen molar-refractivity contribution in [2.45, 2.75) is 44.4 Å². The standard InChI is InChI=1S/C12H20N2S/c1-9(2)11-14-10(7-15-11)12(8-13-3)5-4-6-12/h7,9,13H,4-6,8H2,1-3H3. The summed E-state index contributed by atoms with van der Waals surface area (Å²) >= 11 is 1.82. The van der Waals surface area contributed by atoms with Crippen molar-refractivity contribution >= 4 is 11.3 Å². The Morgan fingerprint density at radius 2 is 2.27 bits per heavy atom. The van der Waals surface area contributed by atoms with Crippen LogP contribution in [0.3, 0.4) is 0 Å². The number of nitrogens with zero attached hydrogens (tertiary/aromatic N) is 1. The molecule has 3 heteroatoms. The van der Waals surface area contributed by atoms with Gasteiger partial charge in [0.2, 0.25) is 0 Å². The molecule has 1 aromatic rings. The molecule has 15 heavy (non-hydrogen) atoms. The molecule has 1 saturated carbocycles. The predicted octanol–water partition coefficient (Wildman–Crippen LogP) is 2.91. The molecule has 0 bridgehead atoms. The molecule has 1 N–H and O–H groups in total. The zero-order valence-electron chi connectivity index (χ0n) is 9.84. The SMILES string of the molecule is CNCC1(c2csc(C(C)C)n2)CCC1. The van der Waals surface area contributed by atoms with Gasteiger partial charge in [-0.05, 0) is 19.9 Å². The summed E-state index contributed by atoms with van der Waals surface area (Å²) in [6.45, 7) is 5.51. The van der Waals surface area contributed by atoms with Gasteiger partial charge in [0.25, 0.3) is 0 Å². The topological polar surface area (TPSA) is 24.9 Å². The summed E-state index contributed by atoms with van der Waals surface area (Å²) in [6.07, 6.45) is 3.96. The normalized spacial score (nSPS) is 19.2. The molecule has 0 saturated heterocycles. The smallest absolute Gasteiger partial charge is 0.0953 e. The summed E-state index contributed by atoms with van der Waals surface area (Å²) in [4.78, 5) is 4.80. The minimum atomic E-state index is 0.360. The van der Waals surface area contributed by atoms with Crippen LogP contribution < -0.4 is 5.32 Å². The maximum absolute atomic E-state index is 4.80. The van der Waals surface area contributed by atoms with E-state index in [1.165, 1.54) is 30.0 Å². The Morgan fingerprint density at radius 3 is 2.67 bits per heavy atom. The van der Waals surface area contributed by atoms with Gasteiger partial charge in [-0.25, -0.2) is 4.98 Å². The van der Waals surface area contributed by atoms with Crippen LogP contribution in [0.15, 0.2) is 5.38 Å². The molecule has 1 aliphatic carbocycles. The second kappa shape index (κ2) is 4.22. The Hall–Kier alpha value is -0.410. The molecule has 2 rings (SSSR count). The van der Waals surface area contributed by atoms with Gasteiger partial charge in [-0.3, -0.25) is 0 Å². The highest BCUT2D eigenvalue weighted by atomic mass is 32.1. The van der Waals surface area contributed by atoms with Crippen molar-refractivity contribution in [3.63, 3.8) is 0 Å². The van der Waals surface area contributed by atoms with Crippen LogP contribution in [0.25, 0.3) is 0 Å². The van der Waals surface area contributed by atoms with Gasteiger partial charge < -0.3 is 5.32 Å². The lowest BCUT2D eigenvalue weighted by molar-refractivity contribution is 0.233. The summed E-state index contributed by atoms with van der Waals surface area (Å²) in [6, 6.07) is 0. The average molecular weight is 224 g/mol. The van der Waals surface area contributed by atoms with E-state index >= 15 is 0 Å². The monoisotopic (exact) mass is 224 g/mol. The van der Waals surface area contributed by atoms with Crippen LogP contribution in [0, 0.1) is 0 Å². The molecule has 2 nitrogen and oxygen atoms in total. The Kier molecular flexibility index (Phi) is 3.12. The Balaban J connectivity index is 2.19. The second-order valence-corrected chi connectivity index (χ2v) is 5.78. The molecule has 0 unspecified atom stereocenters. The van der Waals surface area contributed by atoms with E-state index in [9.17, 15) is 0 Å². The number of rotatable bonds is 4. The van der Waals surface area contributed by atoms with Crippen LogP contribution >= 0.6 is 11.3 Å². The molecule has 84 valence electrons. The number of nitrogens with one attached hydrogen (secondary N) is 1. The van der Waals surface area contributed by atoms with Crippen LogP contribution in [0.4, 0.5) is 0 Å². The highest BCUT2D eigenvalue weighted by molar-refractivity contribution is 7.09. The maximum Gasteiger partial charge on any atom is 0.0953 e. The third kappa shape index (κ3) is 1.95. The summed E-state index contributed by atoms with van der Waals surface area (Å²) in [5.74, 6) is 0.565. The minimum absolute atomic E-state index is 0.360. The quantitative estimate of drug-likeness (QED) is 0.850. The molecule has 1 fully saturated rings. The van der Waals surface area contributed by atoms with Gasteiger partial charge in [-0.1, -0.05) is 20.3 Å². The number of thiazole rings is 1. The molecule has 0 atom stereocenters. The Morgan fingerprint density at radius 1 is 1.53 bits per heavy atom. The Bertz CT molecular complexity index is 326. The van der Waals surface area contributed by atoms with Crippen molar-refractivity contribution in [3.8, 4) is 0 Å². The average Bonchev–Trinajstić information content (AvgIpc) is 2.60. The van der Waals surface area contributed by atoms with Crippen molar-refractivity contribution < 1.29 is 0 Å². The first-order valence-electron chi connectivity index (χ1n) is 5.78. The van der Waals surface area contributed by atoms with Gasteiger partial charge in [0.15, 0.2) is 0 Å². The molecule has 1 aromatic heterocycles. The van der Waals surface area contributed by atoms with Crippen molar-refractivity contribution in [1.29, 1.82) is 0 Å². The van der Waals surface area contributed by atoms with E-state index < -0.39 is 0 Å². The fourth-order valence-electron chi connectivity index (χ4n) is 2.26. The molecule has 0 amide bonds. The molecule has 0 radical (unpaired) electrons. The van der Waals surface area contributed by atoms with E-state index in [2.05, 4.69) is 24.5 Å². The van der Waals surface area contributed by atoms with Crippen molar-refractivity contribution in [2.24, 2.45) is 0 Å². The lowest BCUT2D eigenvalue weighted by Gasteiger charge is -2.40.